The molecule has 0 saturated carbocycles. The van der Waals surface area contributed by atoms with Gasteiger partial charge in [0.25, 0.3) is 0 Å². The van der Waals surface area contributed by atoms with Gasteiger partial charge in [-0.3, -0.25) is 0 Å². The van der Waals surface area contributed by atoms with Crippen LogP contribution in [0.5, 0.6) is 0 Å². The second-order valence-electron chi connectivity index (χ2n) is 15.0. The number of para-hydroxylation sites is 2. The molecule has 47 heavy (non-hydrogen) atoms. The third-order valence-electron chi connectivity index (χ3n) is 11.0. The normalized spacial score (nSPS) is 19.7. The molecule has 1 heterocycles. The van der Waals surface area contributed by atoms with E-state index >= 15 is 4.39 Å². The number of aromatic nitrogens is 2. The van der Waals surface area contributed by atoms with Crippen LogP contribution in [-0.4, -0.2) is 45.3 Å². The Balaban J connectivity index is 1.13. The molecule has 0 amide bonds. The summed E-state index contributed by atoms with van der Waals surface area (Å²) in [4.78, 5) is 7.33. The molecule has 0 saturated heterocycles. The van der Waals surface area contributed by atoms with Crippen molar-refractivity contribution in [2.75, 3.05) is 20.1 Å². The second-order valence-corrected chi connectivity index (χ2v) is 15.0. The van der Waals surface area contributed by atoms with Gasteiger partial charge in [0.05, 0.1) is 11.0 Å². The summed E-state index contributed by atoms with van der Waals surface area (Å²) in [6.45, 7) is 8.89. The van der Waals surface area contributed by atoms with E-state index in [1.165, 1.54) is 101 Å². The van der Waals surface area contributed by atoms with Crippen LogP contribution in [0.3, 0.4) is 0 Å². The molecule has 0 spiro atoms. The van der Waals surface area contributed by atoms with Crippen molar-refractivity contribution in [3.63, 3.8) is 0 Å². The minimum Gasteiger partial charge on any atom is -0.386 e. The Morgan fingerprint density at radius 2 is 1.43 bits per heavy atom. The van der Waals surface area contributed by atoms with Crippen molar-refractivity contribution >= 4 is 11.0 Å². The molecule has 262 valence electrons. The summed E-state index contributed by atoms with van der Waals surface area (Å²) in [5.74, 6) is 0.978. The van der Waals surface area contributed by atoms with Crippen molar-refractivity contribution in [1.82, 2.24) is 14.5 Å². The van der Waals surface area contributed by atoms with E-state index in [1.807, 2.05) is 38.1 Å². The van der Waals surface area contributed by atoms with Gasteiger partial charge >= 0.3 is 0 Å². The lowest BCUT2D eigenvalue weighted by Crippen LogP contribution is -2.56. The van der Waals surface area contributed by atoms with Crippen molar-refractivity contribution in [3.8, 4) is 0 Å². The van der Waals surface area contributed by atoms with E-state index in [0.717, 1.165) is 43.4 Å². The summed E-state index contributed by atoms with van der Waals surface area (Å²) in [6.07, 6.45) is 22.4. The average molecular weight is 648 g/mol. The Hall–Kier alpha value is -2.24. The van der Waals surface area contributed by atoms with E-state index in [9.17, 15) is 5.11 Å². The molecule has 0 bridgehead atoms. The zero-order valence-corrected chi connectivity index (χ0v) is 30.4. The molecule has 0 fully saturated rings. The highest BCUT2D eigenvalue weighted by atomic mass is 19.1. The van der Waals surface area contributed by atoms with Gasteiger partial charge in [-0.2, -0.15) is 0 Å². The van der Waals surface area contributed by atoms with Gasteiger partial charge in [-0.1, -0.05) is 134 Å². The van der Waals surface area contributed by atoms with Gasteiger partial charge in [-0.05, 0) is 81.3 Å². The highest BCUT2D eigenvalue weighted by Crippen LogP contribution is 2.51. The van der Waals surface area contributed by atoms with E-state index in [0.29, 0.717) is 24.9 Å². The van der Waals surface area contributed by atoms with Crippen LogP contribution in [0.15, 0.2) is 48.5 Å². The summed E-state index contributed by atoms with van der Waals surface area (Å²) in [5, 5.41) is 11.7. The van der Waals surface area contributed by atoms with Gasteiger partial charge < -0.3 is 14.6 Å². The number of hydrogen-bond acceptors (Lipinski definition) is 3. The minimum atomic E-state index is -1.71. The van der Waals surface area contributed by atoms with Crippen LogP contribution in [0.2, 0.25) is 0 Å². The number of imidazole rings is 1. The fourth-order valence-electron chi connectivity index (χ4n) is 8.03. The first-order valence-corrected chi connectivity index (χ1v) is 19.4. The SMILES string of the molecule is CCCCCCCCCCCCn1c(CCCCCCCN(C)CC[C@@]2(O)CCc3ccccc3[C@@]2(F)C(C)C)nc2ccccc21. The summed E-state index contributed by atoms with van der Waals surface area (Å²) in [5.41, 5.74) is 1.14. The predicted octanol–water partition coefficient (Wildman–Crippen LogP) is 11.0. The van der Waals surface area contributed by atoms with Crippen molar-refractivity contribution in [2.45, 2.75) is 161 Å². The van der Waals surface area contributed by atoms with Crippen LogP contribution in [0.1, 0.15) is 147 Å². The third kappa shape index (κ3) is 10.1. The fraction of sp³-hybridized carbons (Fsp3) is 0.690. The monoisotopic (exact) mass is 648 g/mol. The number of aryl methyl sites for hydroxylation is 3. The molecule has 1 aliphatic carbocycles. The summed E-state index contributed by atoms with van der Waals surface area (Å²) >= 11 is 0. The molecule has 4 rings (SSSR count). The fourth-order valence-corrected chi connectivity index (χ4v) is 8.03. The Morgan fingerprint density at radius 3 is 2.15 bits per heavy atom. The van der Waals surface area contributed by atoms with Gasteiger partial charge in [0.1, 0.15) is 11.4 Å². The Kier molecular flexibility index (Phi) is 15.3. The number of halogens is 1. The third-order valence-corrected chi connectivity index (χ3v) is 11.0. The molecule has 0 unspecified atom stereocenters. The summed E-state index contributed by atoms with van der Waals surface area (Å²) < 4.78 is 19.2. The van der Waals surface area contributed by atoms with Crippen molar-refractivity contribution in [2.24, 2.45) is 5.92 Å². The molecule has 1 aliphatic rings. The van der Waals surface area contributed by atoms with Gasteiger partial charge in [-0.25, -0.2) is 9.37 Å². The second kappa shape index (κ2) is 19.1. The van der Waals surface area contributed by atoms with E-state index in [4.69, 9.17) is 4.98 Å². The average Bonchev–Trinajstić information content (AvgIpc) is 3.43. The summed E-state index contributed by atoms with van der Waals surface area (Å²) in [6, 6.07) is 16.4. The maximum atomic E-state index is 16.7. The molecule has 2 aromatic carbocycles. The van der Waals surface area contributed by atoms with Gasteiger partial charge in [0, 0.05) is 19.5 Å². The van der Waals surface area contributed by atoms with Crippen LogP contribution < -0.4 is 0 Å². The summed E-state index contributed by atoms with van der Waals surface area (Å²) in [7, 11) is 2.12. The molecule has 0 aliphatic heterocycles. The van der Waals surface area contributed by atoms with E-state index in [2.05, 4.69) is 47.7 Å². The maximum absolute atomic E-state index is 16.7. The molecule has 4 nitrogen and oxygen atoms in total. The molecule has 3 aromatic rings. The van der Waals surface area contributed by atoms with E-state index in [1.54, 1.807) is 0 Å². The zero-order chi connectivity index (χ0) is 33.5. The highest BCUT2D eigenvalue weighted by Gasteiger charge is 2.56. The van der Waals surface area contributed by atoms with E-state index < -0.39 is 11.3 Å². The largest absolute Gasteiger partial charge is 0.386 e. The van der Waals surface area contributed by atoms with Crippen LogP contribution in [0, 0.1) is 5.92 Å². The number of benzene rings is 2. The van der Waals surface area contributed by atoms with Crippen molar-refractivity contribution < 1.29 is 9.50 Å². The number of fused-ring (bicyclic) bond motifs is 2. The maximum Gasteiger partial charge on any atom is 0.167 e. The molecule has 0 radical (unpaired) electrons. The van der Waals surface area contributed by atoms with E-state index in [-0.39, 0.29) is 5.92 Å². The smallest absolute Gasteiger partial charge is 0.167 e. The quantitative estimate of drug-likeness (QED) is 0.104. The highest BCUT2D eigenvalue weighted by molar-refractivity contribution is 5.75. The lowest BCUT2D eigenvalue weighted by atomic mass is 9.63. The minimum absolute atomic E-state index is 0.282. The molecule has 1 N–H and O–H groups in total. The first-order valence-electron chi connectivity index (χ1n) is 19.4. The Bertz CT molecular complexity index is 1320. The molecular weight excluding hydrogens is 581 g/mol. The Morgan fingerprint density at radius 1 is 0.809 bits per heavy atom. The lowest BCUT2D eigenvalue weighted by molar-refractivity contribution is -0.151. The number of hydrogen-bond donors (Lipinski definition) is 1. The number of nitrogens with zero attached hydrogens (tertiary/aromatic N) is 3. The van der Waals surface area contributed by atoms with Crippen LogP contribution in [0.25, 0.3) is 11.0 Å². The lowest BCUT2D eigenvalue weighted by Gasteiger charge is -2.49. The number of aliphatic hydroxyl groups is 1. The standard InChI is InChI=1S/C42H66FN3O/c1-5-6-7-8-9-10-11-12-16-23-33-46-39-27-21-20-26-38(39)44-40(46)28-17-14-13-15-22-32-45(4)34-31-41(47)30-29-36-24-18-19-25-37(36)42(41,43)35(2)3/h18-21,24-27,35,47H,5-17,22-23,28-34H2,1-4H3/t41-,42-/m0/s1. The van der Waals surface area contributed by atoms with Crippen molar-refractivity contribution in [3.05, 3.63) is 65.5 Å². The number of unbranched alkanes of at least 4 members (excludes halogenated alkanes) is 13. The first kappa shape index (κ1) is 37.6. The number of rotatable bonds is 23. The molecule has 5 heteroatoms. The van der Waals surface area contributed by atoms with Crippen LogP contribution >= 0.6 is 0 Å². The van der Waals surface area contributed by atoms with Crippen molar-refractivity contribution in [1.29, 1.82) is 0 Å². The van der Waals surface area contributed by atoms with Gasteiger partial charge in [-0.15, -0.1) is 0 Å². The molecule has 2 atom stereocenters. The van der Waals surface area contributed by atoms with Crippen LogP contribution in [-0.2, 0) is 25.1 Å². The molecular formula is C42H66FN3O. The predicted molar refractivity (Wildman–Crippen MR) is 198 cm³/mol. The van der Waals surface area contributed by atoms with Crippen LogP contribution in [0.4, 0.5) is 4.39 Å². The number of alkyl halides is 1. The first-order chi connectivity index (χ1) is 22.8. The Labute approximate surface area is 286 Å². The zero-order valence-electron chi connectivity index (χ0n) is 30.4. The molecule has 1 aromatic heterocycles. The van der Waals surface area contributed by atoms with Gasteiger partial charge in [0.15, 0.2) is 5.67 Å². The van der Waals surface area contributed by atoms with Gasteiger partial charge in [0.2, 0.25) is 0 Å². The topological polar surface area (TPSA) is 41.3 Å².